The van der Waals surface area contributed by atoms with Crippen LogP contribution in [0.2, 0.25) is 0 Å². The topological polar surface area (TPSA) is 105 Å². The van der Waals surface area contributed by atoms with E-state index >= 15 is 0 Å². The molecular formula is C21H21N5O3. The van der Waals surface area contributed by atoms with Gasteiger partial charge in [0.05, 0.1) is 7.11 Å². The first-order valence-corrected chi connectivity index (χ1v) is 8.89. The lowest BCUT2D eigenvalue weighted by atomic mass is 10.2. The van der Waals surface area contributed by atoms with Crippen molar-refractivity contribution in [3.63, 3.8) is 0 Å². The van der Waals surface area contributed by atoms with Gasteiger partial charge in [-0.2, -0.15) is 0 Å². The van der Waals surface area contributed by atoms with Crippen LogP contribution in [0.25, 0.3) is 0 Å². The van der Waals surface area contributed by atoms with Crippen LogP contribution >= 0.6 is 0 Å². The van der Waals surface area contributed by atoms with Gasteiger partial charge in [0.25, 0.3) is 5.91 Å². The molecule has 8 heteroatoms. The maximum atomic E-state index is 12.6. The van der Waals surface area contributed by atoms with Gasteiger partial charge in [0.1, 0.15) is 23.1 Å². The van der Waals surface area contributed by atoms with Gasteiger partial charge in [-0.1, -0.05) is 0 Å². The quantitative estimate of drug-likeness (QED) is 0.591. The fourth-order valence-electron chi connectivity index (χ4n) is 2.61. The molecular weight excluding hydrogens is 370 g/mol. The van der Waals surface area contributed by atoms with Crippen molar-refractivity contribution in [3.8, 4) is 5.75 Å². The zero-order chi connectivity index (χ0) is 20.8. The Kier molecular flexibility index (Phi) is 6.03. The molecule has 2 amide bonds. The zero-order valence-corrected chi connectivity index (χ0v) is 16.3. The molecule has 0 aliphatic rings. The van der Waals surface area contributed by atoms with Crippen LogP contribution in [0.4, 0.5) is 22.9 Å². The molecule has 3 aromatic rings. The van der Waals surface area contributed by atoms with Crippen molar-refractivity contribution in [1.29, 1.82) is 0 Å². The molecule has 29 heavy (non-hydrogen) atoms. The summed E-state index contributed by atoms with van der Waals surface area (Å²) in [6.45, 7) is 3.17. The summed E-state index contributed by atoms with van der Waals surface area (Å²) in [5.41, 5.74) is 2.33. The number of carbonyl (C=O) groups is 2. The van der Waals surface area contributed by atoms with Crippen molar-refractivity contribution < 1.29 is 14.3 Å². The second-order valence-electron chi connectivity index (χ2n) is 6.25. The van der Waals surface area contributed by atoms with Gasteiger partial charge >= 0.3 is 0 Å². The molecule has 8 nitrogen and oxygen atoms in total. The average Bonchev–Trinajstić information content (AvgIpc) is 2.69. The van der Waals surface area contributed by atoms with Crippen molar-refractivity contribution >= 4 is 34.7 Å². The molecule has 3 rings (SSSR count). The highest BCUT2D eigenvalue weighted by Crippen LogP contribution is 2.19. The normalized spacial score (nSPS) is 10.2. The van der Waals surface area contributed by atoms with Crippen molar-refractivity contribution in [2.45, 2.75) is 13.8 Å². The maximum absolute atomic E-state index is 12.6. The number of nitrogens with zero attached hydrogens (tertiary/aromatic N) is 2. The fourth-order valence-corrected chi connectivity index (χ4v) is 2.61. The molecule has 0 unspecified atom stereocenters. The molecule has 3 N–H and O–H groups in total. The molecule has 2 aromatic carbocycles. The predicted octanol–water partition coefficient (Wildman–Crippen LogP) is 3.75. The van der Waals surface area contributed by atoms with E-state index in [-0.39, 0.29) is 17.5 Å². The molecule has 0 atom stereocenters. The summed E-state index contributed by atoms with van der Waals surface area (Å²) in [6, 6.07) is 15.8. The number of hydrogen-bond donors (Lipinski definition) is 3. The summed E-state index contributed by atoms with van der Waals surface area (Å²) in [4.78, 5) is 32.2. The fraction of sp³-hybridized carbons (Fsp3) is 0.143. The minimum atomic E-state index is -0.343. The van der Waals surface area contributed by atoms with Crippen LogP contribution < -0.4 is 20.7 Å². The Morgan fingerprint density at radius 1 is 0.862 bits per heavy atom. The monoisotopic (exact) mass is 391 g/mol. The third-order valence-corrected chi connectivity index (χ3v) is 3.90. The van der Waals surface area contributed by atoms with Crippen molar-refractivity contribution in [2.24, 2.45) is 0 Å². The van der Waals surface area contributed by atoms with Gasteiger partial charge in [-0.3, -0.25) is 9.59 Å². The predicted molar refractivity (Wildman–Crippen MR) is 112 cm³/mol. The van der Waals surface area contributed by atoms with Crippen LogP contribution in [0, 0.1) is 6.92 Å². The number of anilines is 4. The smallest absolute Gasteiger partial charge is 0.274 e. The summed E-state index contributed by atoms with van der Waals surface area (Å²) in [7, 11) is 1.58. The number of rotatable bonds is 6. The lowest BCUT2D eigenvalue weighted by Gasteiger charge is -2.10. The zero-order valence-electron chi connectivity index (χ0n) is 16.3. The van der Waals surface area contributed by atoms with Crippen LogP contribution in [0.5, 0.6) is 5.75 Å². The Labute approximate surface area is 168 Å². The first-order valence-electron chi connectivity index (χ1n) is 8.89. The van der Waals surface area contributed by atoms with E-state index in [2.05, 4.69) is 25.9 Å². The van der Waals surface area contributed by atoms with Crippen molar-refractivity contribution in [1.82, 2.24) is 9.97 Å². The Balaban J connectivity index is 1.73. The van der Waals surface area contributed by atoms with Gasteiger partial charge < -0.3 is 20.7 Å². The molecule has 1 heterocycles. The van der Waals surface area contributed by atoms with Gasteiger partial charge in [-0.05, 0) is 55.5 Å². The van der Waals surface area contributed by atoms with E-state index in [9.17, 15) is 9.59 Å². The van der Waals surface area contributed by atoms with E-state index in [1.54, 1.807) is 68.6 Å². The van der Waals surface area contributed by atoms with Crippen LogP contribution in [-0.4, -0.2) is 28.9 Å². The van der Waals surface area contributed by atoms with Crippen LogP contribution in [0.3, 0.4) is 0 Å². The van der Waals surface area contributed by atoms with E-state index in [0.29, 0.717) is 28.8 Å². The molecule has 0 aliphatic carbocycles. The molecule has 0 saturated heterocycles. The minimum absolute atomic E-state index is 0.135. The molecule has 0 aliphatic heterocycles. The number of aryl methyl sites for hydroxylation is 1. The highest BCUT2D eigenvalue weighted by Gasteiger charge is 2.11. The number of aromatic nitrogens is 2. The largest absolute Gasteiger partial charge is 0.497 e. The van der Waals surface area contributed by atoms with E-state index in [0.717, 1.165) is 5.69 Å². The van der Waals surface area contributed by atoms with Crippen LogP contribution in [0.15, 0.2) is 54.6 Å². The minimum Gasteiger partial charge on any atom is -0.497 e. The Bertz CT molecular complexity index is 1020. The summed E-state index contributed by atoms with van der Waals surface area (Å²) in [5.74, 6) is 1.18. The summed E-state index contributed by atoms with van der Waals surface area (Å²) < 4.78 is 5.11. The first-order chi connectivity index (χ1) is 13.9. The highest BCUT2D eigenvalue weighted by molar-refractivity contribution is 6.03. The number of carbonyl (C=O) groups excluding carboxylic acids is 2. The van der Waals surface area contributed by atoms with Crippen molar-refractivity contribution in [2.75, 3.05) is 23.1 Å². The Morgan fingerprint density at radius 3 is 2.07 bits per heavy atom. The molecule has 0 radical (unpaired) electrons. The molecule has 1 aromatic heterocycles. The maximum Gasteiger partial charge on any atom is 0.274 e. The SMILES string of the molecule is COc1ccc(NC(=O)c2cc(Nc3ccc(NC(C)=O)cc3)nc(C)n2)cc1. The summed E-state index contributed by atoms with van der Waals surface area (Å²) in [5, 5.41) is 8.65. The molecule has 0 spiro atoms. The number of amides is 2. The lowest BCUT2D eigenvalue weighted by molar-refractivity contribution is -0.114. The van der Waals surface area contributed by atoms with Gasteiger partial charge in [0.15, 0.2) is 0 Å². The average molecular weight is 391 g/mol. The Hall–Kier alpha value is -3.94. The molecule has 0 saturated carbocycles. The van der Waals surface area contributed by atoms with Gasteiger partial charge in [0, 0.05) is 30.1 Å². The van der Waals surface area contributed by atoms with Crippen LogP contribution in [0.1, 0.15) is 23.2 Å². The van der Waals surface area contributed by atoms with E-state index in [1.165, 1.54) is 6.92 Å². The van der Waals surface area contributed by atoms with E-state index < -0.39 is 0 Å². The van der Waals surface area contributed by atoms with Gasteiger partial charge in [0.2, 0.25) is 5.91 Å². The summed E-state index contributed by atoms with van der Waals surface area (Å²) in [6.07, 6.45) is 0. The first kappa shape index (κ1) is 19.8. The van der Waals surface area contributed by atoms with E-state index in [1.807, 2.05) is 0 Å². The lowest BCUT2D eigenvalue weighted by Crippen LogP contribution is -2.15. The number of ether oxygens (including phenoxy) is 1. The van der Waals surface area contributed by atoms with Gasteiger partial charge in [-0.25, -0.2) is 9.97 Å². The molecule has 148 valence electrons. The molecule has 0 bridgehead atoms. The summed E-state index contributed by atoms with van der Waals surface area (Å²) >= 11 is 0. The molecule has 0 fully saturated rings. The Morgan fingerprint density at radius 2 is 1.45 bits per heavy atom. The number of methoxy groups -OCH3 is 1. The third kappa shape index (κ3) is 5.52. The second kappa shape index (κ2) is 8.83. The standard InChI is InChI=1S/C21H21N5O3/c1-13-22-19(21(28)26-17-8-10-18(29-3)11-9-17)12-20(23-13)25-16-6-4-15(5-7-16)24-14(2)27/h4-12H,1-3H3,(H,24,27)(H,26,28)(H,22,23,25). The van der Waals surface area contributed by atoms with Crippen LogP contribution in [-0.2, 0) is 4.79 Å². The number of nitrogens with one attached hydrogen (secondary N) is 3. The van der Waals surface area contributed by atoms with E-state index in [4.69, 9.17) is 4.74 Å². The highest BCUT2D eigenvalue weighted by atomic mass is 16.5. The number of hydrogen-bond acceptors (Lipinski definition) is 6. The van der Waals surface area contributed by atoms with Gasteiger partial charge in [-0.15, -0.1) is 0 Å². The van der Waals surface area contributed by atoms with Crippen molar-refractivity contribution in [3.05, 3.63) is 66.1 Å². The number of benzene rings is 2. The third-order valence-electron chi connectivity index (χ3n) is 3.90. The second-order valence-corrected chi connectivity index (χ2v) is 6.25.